The Balaban J connectivity index is 2.64. The van der Waals surface area contributed by atoms with Gasteiger partial charge in [0.2, 0.25) is 0 Å². The van der Waals surface area contributed by atoms with Gasteiger partial charge in [-0.05, 0) is 25.7 Å². The molecule has 1 aliphatic rings. The monoisotopic (exact) mass is 271 g/mol. The van der Waals surface area contributed by atoms with Crippen molar-refractivity contribution in [1.29, 1.82) is 0 Å². The Kier molecular flexibility index (Phi) is 5.20. The molecule has 110 valence electrons. The Morgan fingerprint density at radius 3 is 2.63 bits per heavy atom. The molecule has 19 heavy (non-hydrogen) atoms. The second-order valence-corrected chi connectivity index (χ2v) is 5.93. The highest BCUT2D eigenvalue weighted by Gasteiger charge is 2.48. The first-order valence-corrected chi connectivity index (χ1v) is 6.88. The Labute approximate surface area is 115 Å². The van der Waals surface area contributed by atoms with Gasteiger partial charge in [0.25, 0.3) is 0 Å². The first-order valence-electron chi connectivity index (χ1n) is 6.88. The molecular weight excluding hydrogens is 246 g/mol. The first-order chi connectivity index (χ1) is 8.75. The van der Waals surface area contributed by atoms with Crippen LogP contribution in [0.4, 0.5) is 4.79 Å². The molecule has 0 aromatic heterocycles. The van der Waals surface area contributed by atoms with E-state index in [0.717, 1.165) is 6.42 Å². The van der Waals surface area contributed by atoms with E-state index in [2.05, 4.69) is 19.2 Å². The maximum absolute atomic E-state index is 11.5. The molecule has 1 aliphatic heterocycles. The van der Waals surface area contributed by atoms with Crippen LogP contribution in [0.3, 0.4) is 0 Å². The number of carbonyl (C=O) groups excluding carboxylic acids is 2. The molecule has 0 aromatic carbocycles. The number of ether oxygens (including phenoxy) is 2. The van der Waals surface area contributed by atoms with Crippen LogP contribution < -0.4 is 5.32 Å². The molecular formula is C14H25NO4. The number of esters is 1. The summed E-state index contributed by atoms with van der Waals surface area (Å²) in [6.07, 6.45) is 1.20. The Morgan fingerprint density at radius 2 is 2.11 bits per heavy atom. The van der Waals surface area contributed by atoms with Crippen molar-refractivity contribution in [2.45, 2.75) is 59.1 Å². The van der Waals surface area contributed by atoms with E-state index in [4.69, 9.17) is 9.47 Å². The summed E-state index contributed by atoms with van der Waals surface area (Å²) >= 11 is 0. The lowest BCUT2D eigenvalue weighted by atomic mass is 9.79. The molecule has 5 nitrogen and oxygen atoms in total. The highest BCUT2D eigenvalue weighted by Crippen LogP contribution is 2.35. The van der Waals surface area contributed by atoms with Crippen molar-refractivity contribution in [1.82, 2.24) is 5.32 Å². The van der Waals surface area contributed by atoms with Gasteiger partial charge in [-0.15, -0.1) is 0 Å². The minimum Gasteiger partial charge on any atom is -0.466 e. The largest absolute Gasteiger partial charge is 0.466 e. The van der Waals surface area contributed by atoms with Crippen LogP contribution in [0.5, 0.6) is 0 Å². The van der Waals surface area contributed by atoms with Crippen LogP contribution in [-0.4, -0.2) is 30.3 Å². The molecule has 0 spiro atoms. The summed E-state index contributed by atoms with van der Waals surface area (Å²) in [7, 11) is 0. The fourth-order valence-electron chi connectivity index (χ4n) is 2.46. The number of alkyl carbamates (subject to hydrolysis) is 1. The molecule has 0 saturated carbocycles. The zero-order chi connectivity index (χ0) is 14.6. The van der Waals surface area contributed by atoms with Crippen LogP contribution in [0.1, 0.15) is 47.5 Å². The highest BCUT2D eigenvalue weighted by atomic mass is 16.6. The number of amides is 1. The van der Waals surface area contributed by atoms with Gasteiger partial charge in [0.1, 0.15) is 5.60 Å². The zero-order valence-corrected chi connectivity index (χ0v) is 12.5. The highest BCUT2D eigenvalue weighted by molar-refractivity contribution is 5.71. The number of carbonyl (C=O) groups is 2. The third kappa shape index (κ3) is 4.11. The molecule has 0 radical (unpaired) electrons. The zero-order valence-electron chi connectivity index (χ0n) is 12.5. The van der Waals surface area contributed by atoms with Crippen molar-refractivity contribution in [3.63, 3.8) is 0 Å². The Bertz CT molecular complexity index is 342. The number of nitrogens with one attached hydrogen (secondary N) is 1. The molecule has 0 unspecified atom stereocenters. The summed E-state index contributed by atoms with van der Waals surface area (Å²) in [5, 5.41) is 2.89. The van der Waals surface area contributed by atoms with Crippen molar-refractivity contribution in [3.05, 3.63) is 0 Å². The lowest BCUT2D eigenvalue weighted by Gasteiger charge is -2.35. The van der Waals surface area contributed by atoms with Gasteiger partial charge in [-0.1, -0.05) is 20.8 Å². The molecule has 1 heterocycles. The SMILES string of the molecule is CC(=O)OCC[C@H](C)[C@]1(C)OC(=O)N[C@H]1CC(C)C. The fraction of sp³-hybridized carbons (Fsp3) is 0.857. The molecule has 1 N–H and O–H groups in total. The van der Waals surface area contributed by atoms with Crippen LogP contribution in [0.15, 0.2) is 0 Å². The van der Waals surface area contributed by atoms with Gasteiger partial charge in [-0.2, -0.15) is 0 Å². The maximum Gasteiger partial charge on any atom is 0.408 e. The Hall–Kier alpha value is -1.26. The third-order valence-corrected chi connectivity index (χ3v) is 3.84. The predicted octanol–water partition coefficient (Wildman–Crippen LogP) is 2.49. The van der Waals surface area contributed by atoms with E-state index in [9.17, 15) is 9.59 Å². The average molecular weight is 271 g/mol. The van der Waals surface area contributed by atoms with E-state index in [0.29, 0.717) is 18.9 Å². The van der Waals surface area contributed by atoms with Crippen LogP contribution in [0.25, 0.3) is 0 Å². The molecule has 1 fully saturated rings. The van der Waals surface area contributed by atoms with Crippen molar-refractivity contribution in [2.24, 2.45) is 11.8 Å². The summed E-state index contributed by atoms with van der Waals surface area (Å²) in [6.45, 7) is 9.97. The van der Waals surface area contributed by atoms with Crippen LogP contribution in [-0.2, 0) is 14.3 Å². The summed E-state index contributed by atoms with van der Waals surface area (Å²) in [4.78, 5) is 22.3. The number of rotatable bonds is 6. The molecule has 0 aromatic rings. The normalized spacial score (nSPS) is 27.9. The molecule has 0 bridgehead atoms. The second-order valence-electron chi connectivity index (χ2n) is 5.93. The van der Waals surface area contributed by atoms with Gasteiger partial charge in [-0.25, -0.2) is 4.79 Å². The first kappa shape index (κ1) is 15.8. The van der Waals surface area contributed by atoms with E-state index in [1.807, 2.05) is 13.8 Å². The van der Waals surface area contributed by atoms with E-state index < -0.39 is 5.60 Å². The maximum atomic E-state index is 11.5. The molecule has 1 amide bonds. The minimum atomic E-state index is -0.540. The fourth-order valence-corrected chi connectivity index (χ4v) is 2.46. The number of hydrogen-bond donors (Lipinski definition) is 1. The molecule has 1 saturated heterocycles. The van der Waals surface area contributed by atoms with Gasteiger partial charge in [0.15, 0.2) is 0 Å². The van der Waals surface area contributed by atoms with Crippen LogP contribution >= 0.6 is 0 Å². The summed E-state index contributed by atoms with van der Waals surface area (Å²) in [6, 6.07) is 0.00679. The van der Waals surface area contributed by atoms with E-state index in [1.165, 1.54) is 6.92 Å². The van der Waals surface area contributed by atoms with E-state index >= 15 is 0 Å². The van der Waals surface area contributed by atoms with Crippen molar-refractivity contribution in [3.8, 4) is 0 Å². The van der Waals surface area contributed by atoms with Gasteiger partial charge in [-0.3, -0.25) is 4.79 Å². The topological polar surface area (TPSA) is 64.6 Å². The molecule has 1 rings (SSSR count). The minimum absolute atomic E-state index is 0.00679. The van der Waals surface area contributed by atoms with Gasteiger partial charge >= 0.3 is 12.1 Å². The Morgan fingerprint density at radius 1 is 1.47 bits per heavy atom. The predicted molar refractivity (Wildman–Crippen MR) is 71.7 cm³/mol. The van der Waals surface area contributed by atoms with E-state index in [-0.39, 0.29) is 24.0 Å². The summed E-state index contributed by atoms with van der Waals surface area (Å²) < 4.78 is 10.5. The van der Waals surface area contributed by atoms with Crippen molar-refractivity contribution < 1.29 is 19.1 Å². The molecule has 3 atom stereocenters. The van der Waals surface area contributed by atoms with Gasteiger partial charge in [0.05, 0.1) is 12.6 Å². The third-order valence-electron chi connectivity index (χ3n) is 3.84. The van der Waals surface area contributed by atoms with Crippen molar-refractivity contribution >= 4 is 12.1 Å². The lowest BCUT2D eigenvalue weighted by molar-refractivity contribution is -0.141. The van der Waals surface area contributed by atoms with Gasteiger partial charge < -0.3 is 14.8 Å². The standard InChI is InChI=1S/C14H25NO4/c1-9(2)8-12-14(5,19-13(17)15-12)10(3)6-7-18-11(4)16/h9-10,12H,6-8H2,1-5H3,(H,15,17)/t10-,12-,14-/m0/s1. The van der Waals surface area contributed by atoms with Crippen molar-refractivity contribution in [2.75, 3.05) is 6.61 Å². The van der Waals surface area contributed by atoms with E-state index in [1.54, 1.807) is 0 Å². The molecule has 5 heteroatoms. The second kappa shape index (κ2) is 6.26. The summed E-state index contributed by atoms with van der Waals surface area (Å²) in [5.74, 6) is 0.319. The van der Waals surface area contributed by atoms with Gasteiger partial charge in [0, 0.05) is 12.8 Å². The lowest BCUT2D eigenvalue weighted by Crippen LogP contribution is -2.47. The summed E-state index contributed by atoms with van der Waals surface area (Å²) in [5.41, 5.74) is -0.540. The quantitative estimate of drug-likeness (QED) is 0.754. The smallest absolute Gasteiger partial charge is 0.408 e. The van der Waals surface area contributed by atoms with Crippen LogP contribution in [0, 0.1) is 11.8 Å². The number of hydrogen-bond acceptors (Lipinski definition) is 4. The molecule has 0 aliphatic carbocycles. The number of cyclic esters (lactones) is 1. The average Bonchev–Trinajstić information content (AvgIpc) is 2.53. The van der Waals surface area contributed by atoms with Crippen LogP contribution in [0.2, 0.25) is 0 Å².